The molecule has 0 radical (unpaired) electrons. The van der Waals surface area contributed by atoms with Crippen molar-refractivity contribution in [1.82, 2.24) is 10.3 Å². The van der Waals surface area contributed by atoms with Crippen LogP contribution in [0.4, 0.5) is 0 Å². The second-order valence-electron chi connectivity index (χ2n) is 7.22. The molecule has 2 fully saturated rings. The second kappa shape index (κ2) is 5.35. The summed E-state index contributed by atoms with van der Waals surface area (Å²) < 4.78 is 11.9. The Balaban J connectivity index is 1.65. The van der Waals surface area contributed by atoms with Crippen molar-refractivity contribution in [2.75, 3.05) is 6.54 Å². The Hall–Kier alpha value is -1.40. The van der Waals surface area contributed by atoms with Gasteiger partial charge in [-0.2, -0.15) is 0 Å². The maximum Gasteiger partial charge on any atom is 0.496 e. The molecule has 0 bridgehead atoms. The summed E-state index contributed by atoms with van der Waals surface area (Å²) in [5.74, 6) is 0.542. The first-order valence-electron chi connectivity index (χ1n) is 7.88. The summed E-state index contributed by atoms with van der Waals surface area (Å²) in [4.78, 5) is 16.2. The highest BCUT2D eigenvalue weighted by Crippen LogP contribution is 2.36. The summed E-state index contributed by atoms with van der Waals surface area (Å²) in [5, 5.41) is 2.91. The highest BCUT2D eigenvalue weighted by Gasteiger charge is 2.51. The van der Waals surface area contributed by atoms with Crippen molar-refractivity contribution in [2.45, 2.75) is 51.7 Å². The predicted octanol–water partition coefficient (Wildman–Crippen LogP) is 1.52. The molecule has 2 aliphatic rings. The van der Waals surface area contributed by atoms with E-state index in [-0.39, 0.29) is 17.1 Å². The van der Waals surface area contributed by atoms with Gasteiger partial charge in [-0.1, -0.05) is 6.07 Å². The number of nitrogens with zero attached hydrogens (tertiary/aromatic N) is 1. The number of hydrogen-bond donors (Lipinski definition) is 1. The molecule has 1 aliphatic carbocycles. The summed E-state index contributed by atoms with van der Waals surface area (Å²) in [5.41, 5.74) is 0.508. The lowest BCUT2D eigenvalue weighted by Crippen LogP contribution is -2.41. The lowest BCUT2D eigenvalue weighted by atomic mass is 9.80. The quantitative estimate of drug-likeness (QED) is 0.857. The van der Waals surface area contributed by atoms with Gasteiger partial charge in [0.05, 0.1) is 11.2 Å². The molecule has 1 saturated heterocycles. The minimum absolute atomic E-state index is 0.118. The Morgan fingerprint density at radius 1 is 1.27 bits per heavy atom. The van der Waals surface area contributed by atoms with Crippen LogP contribution in [0.2, 0.25) is 0 Å². The van der Waals surface area contributed by atoms with Crippen LogP contribution in [0, 0.1) is 5.92 Å². The van der Waals surface area contributed by atoms with Gasteiger partial charge in [-0.3, -0.25) is 9.78 Å². The fourth-order valence-electron chi connectivity index (χ4n) is 2.31. The van der Waals surface area contributed by atoms with E-state index in [1.807, 2.05) is 33.8 Å². The van der Waals surface area contributed by atoms with E-state index in [0.29, 0.717) is 11.6 Å². The van der Waals surface area contributed by atoms with Crippen LogP contribution < -0.4 is 10.8 Å². The molecule has 1 amide bonds. The Morgan fingerprint density at radius 2 is 1.91 bits per heavy atom. The Morgan fingerprint density at radius 3 is 2.41 bits per heavy atom. The van der Waals surface area contributed by atoms with Crippen LogP contribution in [0.5, 0.6) is 0 Å². The first-order valence-corrected chi connectivity index (χ1v) is 7.88. The normalized spacial score (nSPS) is 22.6. The summed E-state index contributed by atoms with van der Waals surface area (Å²) in [6.07, 6.45) is 4.09. The summed E-state index contributed by atoms with van der Waals surface area (Å²) in [6.45, 7) is 8.81. The first kappa shape index (κ1) is 15.5. The molecular weight excluding hydrogens is 279 g/mol. The number of nitrogens with one attached hydrogen (secondary N) is 1. The first-order chi connectivity index (χ1) is 10.3. The Labute approximate surface area is 131 Å². The Bertz CT molecular complexity index is 551. The van der Waals surface area contributed by atoms with E-state index in [1.165, 1.54) is 12.8 Å². The molecule has 1 aromatic heterocycles. The zero-order valence-electron chi connectivity index (χ0n) is 13.7. The average molecular weight is 302 g/mol. The third kappa shape index (κ3) is 3.03. The summed E-state index contributed by atoms with van der Waals surface area (Å²) in [6, 6.07) is 3.57. The third-order valence-corrected chi connectivity index (χ3v) is 4.79. The minimum atomic E-state index is -0.443. The number of carbonyl (C=O) groups excluding carboxylic acids is 1. The van der Waals surface area contributed by atoms with Gasteiger partial charge >= 0.3 is 7.12 Å². The number of rotatable bonds is 4. The van der Waals surface area contributed by atoms with Crippen LogP contribution in [-0.2, 0) is 9.31 Å². The number of aromatic nitrogens is 1. The van der Waals surface area contributed by atoms with Gasteiger partial charge in [-0.05, 0) is 52.5 Å². The molecule has 1 aromatic rings. The molecule has 1 aliphatic heterocycles. The number of hydrogen-bond acceptors (Lipinski definition) is 4. The summed E-state index contributed by atoms with van der Waals surface area (Å²) >= 11 is 0. The third-order valence-electron chi connectivity index (χ3n) is 4.79. The number of pyridine rings is 1. The maximum absolute atomic E-state index is 12.0. The standard InChI is InChI=1S/C16H23BN2O3/c1-15(2)16(3,4)22-17(21-15)12-7-8-13(18-10-12)14(20)19-9-11-5-6-11/h7-8,10-11H,5-6,9H2,1-4H3,(H,19,20). The van der Waals surface area contributed by atoms with Crippen LogP contribution in [-0.4, -0.2) is 35.8 Å². The molecule has 0 aromatic carbocycles. The van der Waals surface area contributed by atoms with Gasteiger partial charge < -0.3 is 14.6 Å². The topological polar surface area (TPSA) is 60.5 Å². The van der Waals surface area contributed by atoms with Crippen molar-refractivity contribution in [3.63, 3.8) is 0 Å². The van der Waals surface area contributed by atoms with Crippen LogP contribution in [0.3, 0.4) is 0 Å². The molecular formula is C16H23BN2O3. The molecule has 0 atom stereocenters. The van der Waals surface area contributed by atoms with Gasteiger partial charge in [0.1, 0.15) is 5.69 Å². The van der Waals surface area contributed by atoms with Gasteiger partial charge in [0, 0.05) is 18.2 Å². The average Bonchev–Trinajstić information content (AvgIpc) is 3.24. The van der Waals surface area contributed by atoms with Crippen molar-refractivity contribution in [2.24, 2.45) is 5.92 Å². The molecule has 1 saturated carbocycles. The SMILES string of the molecule is CC1(C)OB(c2ccc(C(=O)NCC3CC3)nc2)OC1(C)C. The van der Waals surface area contributed by atoms with Gasteiger partial charge in [0.25, 0.3) is 5.91 Å². The molecule has 5 nitrogen and oxygen atoms in total. The van der Waals surface area contributed by atoms with Crippen molar-refractivity contribution < 1.29 is 14.1 Å². The molecule has 22 heavy (non-hydrogen) atoms. The van der Waals surface area contributed by atoms with Crippen molar-refractivity contribution in [1.29, 1.82) is 0 Å². The van der Waals surface area contributed by atoms with E-state index < -0.39 is 7.12 Å². The largest absolute Gasteiger partial charge is 0.496 e. The number of carbonyl (C=O) groups is 1. The highest BCUT2D eigenvalue weighted by molar-refractivity contribution is 6.62. The molecule has 1 N–H and O–H groups in total. The predicted molar refractivity (Wildman–Crippen MR) is 85.0 cm³/mol. The minimum Gasteiger partial charge on any atom is -0.399 e. The second-order valence-corrected chi connectivity index (χ2v) is 7.22. The van der Waals surface area contributed by atoms with Crippen LogP contribution >= 0.6 is 0 Å². The van der Waals surface area contributed by atoms with Crippen molar-refractivity contribution >= 4 is 18.5 Å². The van der Waals surface area contributed by atoms with E-state index >= 15 is 0 Å². The zero-order valence-corrected chi connectivity index (χ0v) is 13.7. The van der Waals surface area contributed by atoms with E-state index in [0.717, 1.165) is 12.0 Å². The molecule has 2 heterocycles. The molecule has 3 rings (SSSR count). The smallest absolute Gasteiger partial charge is 0.399 e. The van der Waals surface area contributed by atoms with Crippen LogP contribution in [0.15, 0.2) is 18.3 Å². The van der Waals surface area contributed by atoms with Crippen LogP contribution in [0.25, 0.3) is 0 Å². The van der Waals surface area contributed by atoms with Crippen molar-refractivity contribution in [3.8, 4) is 0 Å². The number of amides is 1. The van der Waals surface area contributed by atoms with Gasteiger partial charge in [0.15, 0.2) is 0 Å². The lowest BCUT2D eigenvalue weighted by Gasteiger charge is -2.32. The fourth-order valence-corrected chi connectivity index (χ4v) is 2.31. The van der Waals surface area contributed by atoms with E-state index in [2.05, 4.69) is 10.3 Å². The fraction of sp³-hybridized carbons (Fsp3) is 0.625. The highest BCUT2D eigenvalue weighted by atomic mass is 16.7. The maximum atomic E-state index is 12.0. The van der Waals surface area contributed by atoms with E-state index in [4.69, 9.17) is 9.31 Å². The zero-order chi connectivity index (χ0) is 16.0. The lowest BCUT2D eigenvalue weighted by molar-refractivity contribution is 0.00578. The molecule has 0 spiro atoms. The van der Waals surface area contributed by atoms with Gasteiger partial charge in [0.2, 0.25) is 0 Å². The van der Waals surface area contributed by atoms with Gasteiger partial charge in [-0.15, -0.1) is 0 Å². The Kier molecular flexibility index (Phi) is 3.77. The van der Waals surface area contributed by atoms with Crippen molar-refractivity contribution in [3.05, 3.63) is 24.0 Å². The van der Waals surface area contributed by atoms with E-state index in [9.17, 15) is 4.79 Å². The van der Waals surface area contributed by atoms with Gasteiger partial charge in [-0.25, -0.2) is 0 Å². The summed E-state index contributed by atoms with van der Waals surface area (Å²) in [7, 11) is -0.443. The van der Waals surface area contributed by atoms with Crippen LogP contribution in [0.1, 0.15) is 51.0 Å². The molecule has 6 heteroatoms. The molecule has 118 valence electrons. The molecule has 0 unspecified atom stereocenters. The van der Waals surface area contributed by atoms with E-state index in [1.54, 1.807) is 12.3 Å². The monoisotopic (exact) mass is 302 g/mol.